The Morgan fingerprint density at radius 1 is 1.62 bits per heavy atom. The highest BCUT2D eigenvalue weighted by Gasteiger charge is 2.31. The molecule has 0 radical (unpaired) electrons. The molecule has 1 aliphatic heterocycles. The second-order valence-electron chi connectivity index (χ2n) is 3.86. The van der Waals surface area contributed by atoms with Gasteiger partial charge >= 0.3 is 0 Å². The van der Waals surface area contributed by atoms with E-state index in [1.807, 2.05) is 6.92 Å². The van der Waals surface area contributed by atoms with Gasteiger partial charge in [-0.1, -0.05) is 18.5 Å². The molecular formula is C12H12ClFO2. The highest BCUT2D eigenvalue weighted by molar-refractivity contribution is 6.30. The number of carbonyl (C=O) groups excluding carboxylic acids is 1. The predicted molar refractivity (Wildman–Crippen MR) is 59.4 cm³/mol. The molecule has 86 valence electrons. The molecule has 1 aliphatic rings. The molecule has 0 aliphatic carbocycles. The van der Waals surface area contributed by atoms with Crippen LogP contribution in [0.4, 0.5) is 4.39 Å². The molecule has 1 heterocycles. The number of hydrogen-bond donors (Lipinski definition) is 0. The summed E-state index contributed by atoms with van der Waals surface area (Å²) >= 11 is 5.67. The van der Waals surface area contributed by atoms with Gasteiger partial charge in [0.25, 0.3) is 0 Å². The van der Waals surface area contributed by atoms with Crippen LogP contribution in [0.3, 0.4) is 0 Å². The number of ether oxygens (including phenoxy) is 1. The second kappa shape index (κ2) is 4.42. The van der Waals surface area contributed by atoms with Crippen molar-refractivity contribution in [2.75, 3.05) is 0 Å². The van der Waals surface area contributed by atoms with Crippen LogP contribution in [-0.4, -0.2) is 11.9 Å². The van der Waals surface area contributed by atoms with Gasteiger partial charge in [-0.2, -0.15) is 0 Å². The van der Waals surface area contributed by atoms with Gasteiger partial charge in [-0.05, 0) is 18.6 Å². The summed E-state index contributed by atoms with van der Waals surface area (Å²) in [7, 11) is 0. The average Bonchev–Trinajstić information content (AvgIpc) is 2.69. The van der Waals surface area contributed by atoms with Crippen LogP contribution in [0.2, 0.25) is 5.02 Å². The van der Waals surface area contributed by atoms with E-state index in [1.54, 1.807) is 6.07 Å². The molecule has 1 aromatic rings. The minimum atomic E-state index is -0.539. The number of ketones is 1. The van der Waals surface area contributed by atoms with E-state index < -0.39 is 11.9 Å². The van der Waals surface area contributed by atoms with Crippen LogP contribution in [0.15, 0.2) is 12.1 Å². The molecule has 0 saturated heterocycles. The maximum atomic E-state index is 13.6. The maximum Gasteiger partial charge on any atom is 0.173 e. The van der Waals surface area contributed by atoms with Crippen LogP contribution in [-0.2, 0) is 11.2 Å². The fourth-order valence-corrected chi connectivity index (χ4v) is 2.02. The number of fused-ring (bicyclic) bond motifs is 1. The lowest BCUT2D eigenvalue weighted by atomic mass is 10.0. The van der Waals surface area contributed by atoms with Gasteiger partial charge < -0.3 is 4.74 Å². The zero-order chi connectivity index (χ0) is 11.7. The van der Waals surface area contributed by atoms with E-state index in [2.05, 4.69) is 0 Å². The van der Waals surface area contributed by atoms with Crippen molar-refractivity contribution in [3.8, 4) is 5.75 Å². The summed E-state index contributed by atoms with van der Waals surface area (Å²) in [6, 6.07) is 3.06. The first kappa shape index (κ1) is 11.4. The molecule has 0 aromatic heterocycles. The smallest absolute Gasteiger partial charge is 0.173 e. The largest absolute Gasteiger partial charge is 0.482 e. The standard InChI is InChI=1S/C12H12ClFO2/c1-2-3-9(15)11-6-7-10(16-11)5-4-8(13)12(7)14/h4-5,11H,2-3,6H2,1H3. The monoisotopic (exact) mass is 242 g/mol. The lowest BCUT2D eigenvalue weighted by Gasteiger charge is -2.07. The first-order valence-electron chi connectivity index (χ1n) is 5.29. The first-order chi connectivity index (χ1) is 7.63. The third kappa shape index (κ3) is 1.92. The van der Waals surface area contributed by atoms with Crippen molar-refractivity contribution in [3.05, 3.63) is 28.5 Å². The SMILES string of the molecule is CCCC(=O)C1Cc2c(ccc(Cl)c2F)O1. The molecule has 16 heavy (non-hydrogen) atoms. The normalized spacial score (nSPS) is 18.1. The van der Waals surface area contributed by atoms with Gasteiger partial charge in [-0.15, -0.1) is 0 Å². The number of halogens is 2. The Labute approximate surface area is 98.4 Å². The van der Waals surface area contributed by atoms with Crippen molar-refractivity contribution < 1.29 is 13.9 Å². The molecule has 1 unspecified atom stereocenters. The predicted octanol–water partition coefficient (Wildman–Crippen LogP) is 3.15. The molecule has 2 rings (SSSR count). The van der Waals surface area contributed by atoms with Crippen molar-refractivity contribution in [3.63, 3.8) is 0 Å². The summed E-state index contributed by atoms with van der Waals surface area (Å²) in [4.78, 5) is 11.6. The van der Waals surface area contributed by atoms with Crippen LogP contribution in [0.5, 0.6) is 5.75 Å². The minimum absolute atomic E-state index is 0.0224. The van der Waals surface area contributed by atoms with Crippen molar-refractivity contribution in [2.45, 2.75) is 32.3 Å². The van der Waals surface area contributed by atoms with Gasteiger partial charge in [0.2, 0.25) is 0 Å². The van der Waals surface area contributed by atoms with E-state index in [0.29, 0.717) is 24.2 Å². The van der Waals surface area contributed by atoms with Crippen LogP contribution in [0.25, 0.3) is 0 Å². The number of hydrogen-bond acceptors (Lipinski definition) is 2. The fraction of sp³-hybridized carbons (Fsp3) is 0.417. The van der Waals surface area contributed by atoms with E-state index in [4.69, 9.17) is 16.3 Å². The van der Waals surface area contributed by atoms with Crippen molar-refractivity contribution in [1.82, 2.24) is 0 Å². The van der Waals surface area contributed by atoms with Gasteiger partial charge in [0.15, 0.2) is 11.9 Å². The Morgan fingerprint density at radius 3 is 3.06 bits per heavy atom. The van der Waals surface area contributed by atoms with E-state index in [0.717, 1.165) is 6.42 Å². The molecule has 0 spiro atoms. The molecule has 1 aromatic carbocycles. The van der Waals surface area contributed by atoms with Crippen LogP contribution >= 0.6 is 11.6 Å². The zero-order valence-electron chi connectivity index (χ0n) is 8.93. The Balaban J connectivity index is 2.21. The molecule has 0 amide bonds. The summed E-state index contributed by atoms with van der Waals surface area (Å²) in [5.41, 5.74) is 0.418. The number of Topliss-reactive ketones (excluding diaryl/α,β-unsaturated/α-hetero) is 1. The molecule has 4 heteroatoms. The van der Waals surface area contributed by atoms with E-state index >= 15 is 0 Å². The number of benzene rings is 1. The quantitative estimate of drug-likeness (QED) is 0.814. The van der Waals surface area contributed by atoms with Gasteiger partial charge in [-0.3, -0.25) is 4.79 Å². The summed E-state index contributed by atoms with van der Waals surface area (Å²) in [5.74, 6) is -0.00320. The second-order valence-corrected chi connectivity index (χ2v) is 4.27. The molecule has 0 saturated carbocycles. The highest BCUT2D eigenvalue weighted by atomic mass is 35.5. The molecule has 0 fully saturated rings. The van der Waals surface area contributed by atoms with Gasteiger partial charge in [0.1, 0.15) is 11.6 Å². The molecule has 1 atom stereocenters. The van der Waals surface area contributed by atoms with Gasteiger partial charge in [-0.25, -0.2) is 4.39 Å². The summed E-state index contributed by atoms with van der Waals surface area (Å²) in [5, 5.41) is 0.0749. The van der Waals surface area contributed by atoms with Gasteiger partial charge in [0.05, 0.1) is 5.02 Å². The van der Waals surface area contributed by atoms with Gasteiger partial charge in [0, 0.05) is 18.4 Å². The Hall–Kier alpha value is -1.09. The molecule has 0 N–H and O–H groups in total. The zero-order valence-corrected chi connectivity index (χ0v) is 9.68. The number of rotatable bonds is 3. The average molecular weight is 243 g/mol. The van der Waals surface area contributed by atoms with Crippen molar-refractivity contribution in [2.24, 2.45) is 0 Å². The number of carbonyl (C=O) groups is 1. The van der Waals surface area contributed by atoms with E-state index in [1.165, 1.54) is 6.07 Å². The summed E-state index contributed by atoms with van der Waals surface area (Å²) in [6.45, 7) is 1.93. The third-order valence-corrected chi connectivity index (χ3v) is 2.96. The lowest BCUT2D eigenvalue weighted by Crippen LogP contribution is -2.24. The Bertz CT molecular complexity index is 431. The maximum absolute atomic E-state index is 13.6. The van der Waals surface area contributed by atoms with Crippen molar-refractivity contribution in [1.29, 1.82) is 0 Å². The summed E-state index contributed by atoms with van der Waals surface area (Å²) in [6.07, 6.45) is 0.996. The molecule has 0 bridgehead atoms. The lowest BCUT2D eigenvalue weighted by molar-refractivity contribution is -0.125. The molecular weight excluding hydrogens is 231 g/mol. The van der Waals surface area contributed by atoms with Crippen LogP contribution in [0.1, 0.15) is 25.3 Å². The Kier molecular flexibility index (Phi) is 3.15. The fourth-order valence-electron chi connectivity index (χ4n) is 1.84. The van der Waals surface area contributed by atoms with E-state index in [-0.39, 0.29) is 10.8 Å². The first-order valence-corrected chi connectivity index (χ1v) is 5.67. The molecule has 2 nitrogen and oxygen atoms in total. The highest BCUT2D eigenvalue weighted by Crippen LogP contribution is 2.34. The topological polar surface area (TPSA) is 26.3 Å². The summed E-state index contributed by atoms with van der Waals surface area (Å²) < 4.78 is 19.0. The van der Waals surface area contributed by atoms with Crippen LogP contribution < -0.4 is 4.74 Å². The minimum Gasteiger partial charge on any atom is -0.482 e. The third-order valence-electron chi connectivity index (χ3n) is 2.67. The van der Waals surface area contributed by atoms with Crippen molar-refractivity contribution >= 4 is 17.4 Å². The van der Waals surface area contributed by atoms with Crippen LogP contribution in [0, 0.1) is 5.82 Å². The Morgan fingerprint density at radius 2 is 2.38 bits per heavy atom. The van der Waals surface area contributed by atoms with E-state index in [9.17, 15) is 9.18 Å².